The van der Waals surface area contributed by atoms with Gasteiger partial charge in [-0.25, -0.2) is 9.97 Å². The second kappa shape index (κ2) is 27.9. The van der Waals surface area contributed by atoms with Gasteiger partial charge in [0.2, 0.25) is 12.6 Å². The smallest absolute Gasteiger partial charge is 0.303 e. The molecule has 0 radical (unpaired) electrons. The number of aromatic nitrogens is 4. The van der Waals surface area contributed by atoms with E-state index in [4.69, 9.17) is 47.9 Å². The SMILES string of the molecule is CCCCCCc1c2nc(c(-c3cccc(O[C@@H]4OC(COC(C)=O)[C@@H](C)[C@H](C)C4OC(C)=O)c3)c3ccc([nH]3)c(CCCCCC)c3nc(c(-c4cccc(OC5O[C@H](COC(C)=O)C(OC(C)=O)[C@@H](C)[C@H]5C)c4)c4ccc1[nH]4)C=C3)C=C2. The van der Waals surface area contributed by atoms with Gasteiger partial charge in [-0.3, -0.25) is 19.2 Å². The highest BCUT2D eigenvalue weighted by molar-refractivity contribution is 5.94. The number of hydrogen-bond acceptors (Lipinski definition) is 14. The van der Waals surface area contributed by atoms with Crippen LogP contribution in [0.3, 0.4) is 0 Å². The van der Waals surface area contributed by atoms with Gasteiger partial charge in [0.25, 0.3) is 0 Å². The molecule has 0 saturated carbocycles. The molecule has 2 saturated heterocycles. The number of nitrogens with one attached hydrogen (secondary N) is 2. The van der Waals surface area contributed by atoms with E-state index in [1.54, 1.807) is 0 Å². The van der Waals surface area contributed by atoms with Crippen LogP contribution in [-0.2, 0) is 60.4 Å². The number of ether oxygens (including phenoxy) is 8. The van der Waals surface area contributed by atoms with E-state index in [9.17, 15) is 19.2 Å². The zero-order chi connectivity index (χ0) is 59.6. The highest BCUT2D eigenvalue weighted by Gasteiger charge is 2.47. The molecule has 2 N–H and O–H groups in total. The van der Waals surface area contributed by atoms with Gasteiger partial charge in [0.1, 0.15) is 36.9 Å². The number of fused-ring (bicyclic) bond motifs is 8. The molecular formula is C68H82N4O12. The number of nitrogens with zero attached hydrogens (tertiary/aromatic N) is 2. The molecule has 4 unspecified atom stereocenters. The number of H-pyrrole nitrogens is 2. The fourth-order valence-electron chi connectivity index (χ4n) is 11.8. The van der Waals surface area contributed by atoms with Crippen molar-refractivity contribution in [3.63, 3.8) is 0 Å². The molecule has 4 aliphatic heterocycles. The van der Waals surface area contributed by atoms with E-state index in [2.05, 4.69) is 78.5 Å². The Labute approximate surface area is 493 Å². The highest BCUT2D eigenvalue weighted by Crippen LogP contribution is 2.40. The summed E-state index contributed by atoms with van der Waals surface area (Å²) in [4.78, 5) is 67.4. The molecule has 16 nitrogen and oxygen atoms in total. The van der Waals surface area contributed by atoms with E-state index in [-0.39, 0.29) is 36.9 Å². The molecule has 5 aromatic rings. The fourth-order valence-corrected chi connectivity index (χ4v) is 11.8. The molecule has 4 aliphatic rings. The second-order valence-electron chi connectivity index (χ2n) is 22.9. The van der Waals surface area contributed by atoms with Gasteiger partial charge in [0.15, 0.2) is 6.10 Å². The lowest BCUT2D eigenvalue weighted by Crippen LogP contribution is -2.54. The van der Waals surface area contributed by atoms with E-state index in [0.717, 1.165) is 142 Å². The van der Waals surface area contributed by atoms with E-state index < -0.39 is 60.9 Å². The summed E-state index contributed by atoms with van der Waals surface area (Å²) >= 11 is 0. The molecular weight excluding hydrogens is 1060 g/mol. The molecule has 7 heterocycles. The van der Waals surface area contributed by atoms with Crippen molar-refractivity contribution in [1.29, 1.82) is 0 Å². The van der Waals surface area contributed by atoms with Crippen molar-refractivity contribution in [2.75, 3.05) is 13.2 Å². The number of hydrogen-bond donors (Lipinski definition) is 2. The van der Waals surface area contributed by atoms with Crippen LogP contribution < -0.4 is 9.47 Å². The van der Waals surface area contributed by atoms with Crippen molar-refractivity contribution < 1.29 is 57.1 Å². The molecule has 2 fully saturated rings. The van der Waals surface area contributed by atoms with Crippen LogP contribution in [0.2, 0.25) is 0 Å². The number of carbonyl (C=O) groups excluding carboxylic acids is 4. The first-order valence-electron chi connectivity index (χ1n) is 30.1. The van der Waals surface area contributed by atoms with E-state index in [1.807, 2.05) is 70.2 Å². The van der Waals surface area contributed by atoms with Crippen LogP contribution in [0, 0.1) is 23.7 Å². The fraction of sp³-hybridized carbons (Fsp3) is 0.471. The van der Waals surface area contributed by atoms with Crippen molar-refractivity contribution >= 4 is 70.2 Å². The Bertz CT molecular complexity index is 3400. The topological polar surface area (TPSA) is 199 Å². The predicted molar refractivity (Wildman–Crippen MR) is 325 cm³/mol. The van der Waals surface area contributed by atoms with Gasteiger partial charge in [-0.05, 0) is 116 Å². The van der Waals surface area contributed by atoms with Crippen molar-refractivity contribution in [3.05, 3.63) is 107 Å². The first-order chi connectivity index (χ1) is 40.5. The Kier molecular flexibility index (Phi) is 20.3. The Morgan fingerprint density at radius 1 is 0.476 bits per heavy atom. The Morgan fingerprint density at radius 3 is 1.40 bits per heavy atom. The van der Waals surface area contributed by atoms with Gasteiger partial charge in [0, 0.05) is 89.8 Å². The average Bonchev–Trinajstić information content (AvgIpc) is 3.46. The maximum atomic E-state index is 12.5. The van der Waals surface area contributed by atoms with Crippen LogP contribution in [0.4, 0.5) is 0 Å². The lowest BCUT2D eigenvalue weighted by atomic mass is 9.83. The molecule has 0 spiro atoms. The van der Waals surface area contributed by atoms with Crippen molar-refractivity contribution in [3.8, 4) is 33.8 Å². The van der Waals surface area contributed by atoms with Crippen LogP contribution >= 0.6 is 0 Å². The first kappa shape index (κ1) is 61.0. The molecule has 16 heteroatoms. The Balaban J connectivity index is 1.19. The van der Waals surface area contributed by atoms with Crippen molar-refractivity contribution in [2.24, 2.45) is 23.7 Å². The van der Waals surface area contributed by atoms with Crippen molar-refractivity contribution in [2.45, 2.75) is 170 Å². The third-order valence-corrected chi connectivity index (χ3v) is 16.8. The van der Waals surface area contributed by atoms with Gasteiger partial charge in [-0.1, -0.05) is 104 Å². The number of benzene rings is 2. The number of unbranched alkanes of at least 4 members (excludes halogenated alkanes) is 6. The van der Waals surface area contributed by atoms with Gasteiger partial charge in [-0.15, -0.1) is 0 Å². The lowest BCUT2D eigenvalue weighted by Gasteiger charge is -2.43. The minimum absolute atomic E-state index is 0.0388. The molecule has 10 atom stereocenters. The summed E-state index contributed by atoms with van der Waals surface area (Å²) in [7, 11) is 0. The summed E-state index contributed by atoms with van der Waals surface area (Å²) in [5.41, 5.74) is 12.5. The molecule has 3 aromatic heterocycles. The number of esters is 4. The average molecular weight is 1150 g/mol. The molecule has 2 aromatic carbocycles. The van der Waals surface area contributed by atoms with Crippen LogP contribution in [0.15, 0.2) is 72.8 Å². The van der Waals surface area contributed by atoms with E-state index in [1.165, 1.54) is 27.7 Å². The van der Waals surface area contributed by atoms with Crippen molar-refractivity contribution in [1.82, 2.24) is 19.9 Å². The summed E-state index contributed by atoms with van der Waals surface area (Å²) in [6.45, 7) is 17.8. The molecule has 446 valence electrons. The zero-order valence-electron chi connectivity index (χ0n) is 50.3. The van der Waals surface area contributed by atoms with Gasteiger partial charge in [0.05, 0.1) is 28.9 Å². The number of rotatable bonds is 22. The highest BCUT2D eigenvalue weighted by atomic mass is 16.7. The zero-order valence-corrected chi connectivity index (χ0v) is 50.3. The van der Waals surface area contributed by atoms with Crippen LogP contribution in [0.1, 0.15) is 155 Å². The normalized spacial score (nSPS) is 22.7. The maximum absolute atomic E-state index is 12.5. The van der Waals surface area contributed by atoms with Gasteiger partial charge < -0.3 is 47.9 Å². The summed E-state index contributed by atoms with van der Waals surface area (Å²) < 4.78 is 48.8. The number of aromatic amines is 2. The van der Waals surface area contributed by atoms with Gasteiger partial charge >= 0.3 is 23.9 Å². The predicted octanol–water partition coefficient (Wildman–Crippen LogP) is 14.0. The third kappa shape index (κ3) is 14.5. The number of aryl methyl sites for hydroxylation is 2. The van der Waals surface area contributed by atoms with Crippen LogP contribution in [0.5, 0.6) is 11.5 Å². The molecule has 9 rings (SSSR count). The van der Waals surface area contributed by atoms with Crippen LogP contribution in [-0.4, -0.2) is 94.0 Å². The van der Waals surface area contributed by atoms with E-state index >= 15 is 0 Å². The summed E-state index contributed by atoms with van der Waals surface area (Å²) in [5.74, 6) is -1.38. The largest absolute Gasteiger partial charge is 0.465 e. The molecule has 0 aliphatic carbocycles. The minimum Gasteiger partial charge on any atom is -0.465 e. The second-order valence-corrected chi connectivity index (χ2v) is 22.9. The molecule has 0 amide bonds. The quantitative estimate of drug-likeness (QED) is 0.0369. The van der Waals surface area contributed by atoms with Crippen LogP contribution in [0.25, 0.3) is 68.6 Å². The first-order valence-corrected chi connectivity index (χ1v) is 30.1. The third-order valence-electron chi connectivity index (χ3n) is 16.8. The monoisotopic (exact) mass is 1150 g/mol. The maximum Gasteiger partial charge on any atom is 0.303 e. The van der Waals surface area contributed by atoms with Gasteiger partial charge in [-0.2, -0.15) is 0 Å². The summed E-state index contributed by atoms with van der Waals surface area (Å²) in [6.07, 6.45) is 14.2. The molecule has 84 heavy (non-hydrogen) atoms. The molecule has 8 bridgehead atoms. The minimum atomic E-state index is -0.988. The Morgan fingerprint density at radius 2 is 0.917 bits per heavy atom. The summed E-state index contributed by atoms with van der Waals surface area (Å²) in [5, 5.41) is 0. The number of carbonyl (C=O) groups is 4. The lowest BCUT2D eigenvalue weighted by molar-refractivity contribution is -0.253. The Hall–Kier alpha value is -7.56. The van der Waals surface area contributed by atoms with E-state index in [0.29, 0.717) is 11.5 Å². The summed E-state index contributed by atoms with van der Waals surface area (Å²) in [6, 6.07) is 24.3. The standard InChI is InChI=1S/C68H82N4O12/c1-11-13-15-17-25-51-53-27-31-57(69-53)63(47-21-19-23-49(35-47)81-67-42(6)41(5)65(79-45(9)75)62(84-67)38-78-44(8)74)58-32-28-54(70-58)52(26-18-16-14-12-2)56-30-34-60(72-56)64(59-33-29-55(51)71-59)48-22-20-24-50(36-48)82-68-66(80-46(10)76)40(4)39(3)61(83-68)37-77-43(7)73/h19-24,27-36,39-42,61-62,65-69,72H,11-18,25-26,37-38H2,1-10H3/t39-,40-,41-,42+,61?,62+,65?,66?,67?,68+/m0/s1.